The highest BCUT2D eigenvalue weighted by molar-refractivity contribution is 9.12. The number of amides is 2. The topological polar surface area (TPSA) is 76.7 Å². The van der Waals surface area contributed by atoms with E-state index >= 15 is 0 Å². The van der Waals surface area contributed by atoms with Crippen LogP contribution >= 0.6 is 31.9 Å². The van der Waals surface area contributed by atoms with E-state index in [2.05, 4.69) is 52.0 Å². The molecule has 1 aliphatic rings. The molecule has 6 nitrogen and oxygen atoms in total. The number of alkyl halides is 2. The van der Waals surface area contributed by atoms with E-state index in [9.17, 15) is 9.59 Å². The van der Waals surface area contributed by atoms with E-state index in [1.54, 1.807) is 0 Å². The molecule has 8 heteroatoms. The van der Waals surface area contributed by atoms with Crippen molar-refractivity contribution in [2.45, 2.75) is 34.6 Å². The zero-order chi connectivity index (χ0) is 13.7. The van der Waals surface area contributed by atoms with Crippen molar-refractivity contribution in [2.24, 2.45) is 0 Å². The molecule has 1 saturated carbocycles. The first-order chi connectivity index (χ1) is 8.47. The largest absolute Gasteiger partial charge is 0.453 e. The molecule has 0 aromatic carbocycles. The Bertz CT molecular complexity index is 286. The van der Waals surface area contributed by atoms with Gasteiger partial charge in [0.05, 0.1) is 26.3 Å². The summed E-state index contributed by atoms with van der Waals surface area (Å²) < 4.78 is 9.15. The number of alkyl carbamates (subject to hydrolysis) is 2. The summed E-state index contributed by atoms with van der Waals surface area (Å²) in [6.45, 7) is 0. The molecule has 104 valence electrons. The Morgan fingerprint density at radius 2 is 1.28 bits per heavy atom. The van der Waals surface area contributed by atoms with E-state index in [-0.39, 0.29) is 21.7 Å². The number of ether oxygens (including phenoxy) is 2. The molecule has 0 unspecified atom stereocenters. The van der Waals surface area contributed by atoms with E-state index < -0.39 is 12.2 Å². The maximum Gasteiger partial charge on any atom is 0.407 e. The summed E-state index contributed by atoms with van der Waals surface area (Å²) >= 11 is 7.07. The van der Waals surface area contributed by atoms with Crippen molar-refractivity contribution in [3.63, 3.8) is 0 Å². The lowest BCUT2D eigenvalue weighted by Gasteiger charge is -2.37. The van der Waals surface area contributed by atoms with Crippen molar-refractivity contribution in [2.75, 3.05) is 14.2 Å². The van der Waals surface area contributed by atoms with E-state index in [1.807, 2.05) is 0 Å². The van der Waals surface area contributed by atoms with Gasteiger partial charge >= 0.3 is 12.2 Å². The molecule has 4 atom stereocenters. The smallest absolute Gasteiger partial charge is 0.407 e. The van der Waals surface area contributed by atoms with Gasteiger partial charge in [-0.1, -0.05) is 31.9 Å². The van der Waals surface area contributed by atoms with Crippen LogP contribution in [-0.4, -0.2) is 48.1 Å². The van der Waals surface area contributed by atoms with Crippen LogP contribution in [0.15, 0.2) is 0 Å². The van der Waals surface area contributed by atoms with Gasteiger partial charge in [0.25, 0.3) is 0 Å². The molecule has 0 aromatic heterocycles. The molecule has 0 bridgehead atoms. The number of nitrogens with one attached hydrogen (secondary N) is 2. The molecule has 2 N–H and O–H groups in total. The van der Waals surface area contributed by atoms with Gasteiger partial charge in [0, 0.05) is 9.65 Å². The van der Waals surface area contributed by atoms with Crippen LogP contribution in [0.3, 0.4) is 0 Å². The van der Waals surface area contributed by atoms with Crippen molar-refractivity contribution in [3.8, 4) is 0 Å². The fraction of sp³-hybridized carbons (Fsp3) is 0.800. The lowest BCUT2D eigenvalue weighted by Crippen LogP contribution is -2.57. The number of methoxy groups -OCH3 is 2. The molecular weight excluding hydrogens is 372 g/mol. The Hall–Kier alpha value is -0.500. The van der Waals surface area contributed by atoms with Crippen LogP contribution in [0.2, 0.25) is 0 Å². The van der Waals surface area contributed by atoms with Gasteiger partial charge in [0.1, 0.15) is 0 Å². The summed E-state index contributed by atoms with van der Waals surface area (Å²) in [5, 5.41) is 5.43. The average molecular weight is 388 g/mol. The van der Waals surface area contributed by atoms with Crippen LogP contribution < -0.4 is 10.6 Å². The zero-order valence-electron chi connectivity index (χ0n) is 10.1. The molecule has 0 aromatic rings. The van der Waals surface area contributed by atoms with Gasteiger partial charge in [-0.05, 0) is 12.8 Å². The number of carbonyl (C=O) groups excluding carboxylic acids is 2. The highest BCUT2D eigenvalue weighted by Crippen LogP contribution is 2.30. The minimum absolute atomic E-state index is 0.199. The van der Waals surface area contributed by atoms with Crippen LogP contribution in [0, 0.1) is 0 Å². The standard InChI is InChI=1S/C10H16Br2N2O4/c1-17-9(15)13-7-3-5(11)6(12)4-8(7)14-10(16)18-2/h5-8H,3-4H2,1-2H3,(H,13,15)(H,14,16)/t5-,6-,7+,8+/m0/s1. The summed E-state index contributed by atoms with van der Waals surface area (Å²) in [4.78, 5) is 23.0. The molecule has 1 aliphatic carbocycles. The van der Waals surface area contributed by atoms with Crippen LogP contribution in [0.1, 0.15) is 12.8 Å². The fourth-order valence-electron chi connectivity index (χ4n) is 1.85. The van der Waals surface area contributed by atoms with Gasteiger partial charge in [-0.2, -0.15) is 0 Å². The predicted molar refractivity (Wildman–Crippen MR) is 73.3 cm³/mol. The molecule has 0 saturated heterocycles. The van der Waals surface area contributed by atoms with Gasteiger partial charge in [0.15, 0.2) is 0 Å². The summed E-state index contributed by atoms with van der Waals surface area (Å²) in [6, 6.07) is -0.399. The van der Waals surface area contributed by atoms with Gasteiger partial charge in [-0.15, -0.1) is 0 Å². The first-order valence-corrected chi connectivity index (χ1v) is 7.28. The third-order valence-electron chi connectivity index (χ3n) is 2.81. The number of hydrogen-bond acceptors (Lipinski definition) is 4. The van der Waals surface area contributed by atoms with Crippen LogP contribution in [-0.2, 0) is 9.47 Å². The summed E-state index contributed by atoms with van der Waals surface area (Å²) in [5.74, 6) is 0. The van der Waals surface area contributed by atoms with Gasteiger partial charge in [-0.3, -0.25) is 0 Å². The normalized spacial score (nSPS) is 31.3. The Kier molecular flexibility index (Phi) is 6.20. The molecule has 1 rings (SSSR count). The van der Waals surface area contributed by atoms with Crippen molar-refractivity contribution in [3.05, 3.63) is 0 Å². The van der Waals surface area contributed by atoms with Crippen LogP contribution in [0.25, 0.3) is 0 Å². The highest BCUT2D eigenvalue weighted by atomic mass is 79.9. The number of halogens is 2. The second-order valence-corrected chi connectivity index (χ2v) is 6.34. The summed E-state index contributed by atoms with van der Waals surface area (Å²) in [5.41, 5.74) is 0. The van der Waals surface area contributed by atoms with Crippen LogP contribution in [0.4, 0.5) is 9.59 Å². The maximum absolute atomic E-state index is 11.3. The SMILES string of the molecule is COC(=O)N[C@@H]1C[C@H](Br)[C@@H](Br)C[C@H]1NC(=O)OC. The van der Waals surface area contributed by atoms with Crippen molar-refractivity contribution >= 4 is 44.0 Å². The molecule has 18 heavy (non-hydrogen) atoms. The summed E-state index contributed by atoms with van der Waals surface area (Å²) in [7, 11) is 2.61. The van der Waals surface area contributed by atoms with E-state index in [4.69, 9.17) is 0 Å². The Balaban J connectivity index is 2.67. The summed E-state index contributed by atoms with van der Waals surface area (Å²) in [6.07, 6.45) is 0.341. The molecule has 1 fully saturated rings. The third kappa shape index (κ3) is 4.31. The quantitative estimate of drug-likeness (QED) is 0.707. The van der Waals surface area contributed by atoms with E-state index in [0.29, 0.717) is 12.8 Å². The average Bonchev–Trinajstić information content (AvgIpc) is 2.34. The van der Waals surface area contributed by atoms with E-state index in [0.717, 1.165) is 0 Å². The second-order valence-electron chi connectivity index (χ2n) is 3.99. The van der Waals surface area contributed by atoms with Gasteiger partial charge in [-0.25, -0.2) is 9.59 Å². The molecule has 2 amide bonds. The van der Waals surface area contributed by atoms with Gasteiger partial charge < -0.3 is 20.1 Å². The minimum atomic E-state index is -0.510. The first-order valence-electron chi connectivity index (χ1n) is 5.45. The lowest BCUT2D eigenvalue weighted by molar-refractivity contribution is 0.147. The van der Waals surface area contributed by atoms with Crippen molar-refractivity contribution in [1.29, 1.82) is 0 Å². The van der Waals surface area contributed by atoms with Crippen molar-refractivity contribution in [1.82, 2.24) is 10.6 Å². The van der Waals surface area contributed by atoms with Crippen molar-refractivity contribution < 1.29 is 19.1 Å². The number of hydrogen-bond donors (Lipinski definition) is 2. The number of carbonyl (C=O) groups is 2. The molecule has 0 spiro atoms. The van der Waals surface area contributed by atoms with Gasteiger partial charge in [0.2, 0.25) is 0 Å². The Labute approximate surface area is 122 Å². The minimum Gasteiger partial charge on any atom is -0.453 e. The zero-order valence-corrected chi connectivity index (χ0v) is 13.3. The van der Waals surface area contributed by atoms with Crippen LogP contribution in [0.5, 0.6) is 0 Å². The molecule has 0 aliphatic heterocycles. The molecule has 0 radical (unpaired) electrons. The molecular formula is C10H16Br2N2O4. The number of rotatable bonds is 2. The monoisotopic (exact) mass is 386 g/mol. The third-order valence-corrected chi connectivity index (χ3v) is 5.55. The molecule has 0 heterocycles. The highest BCUT2D eigenvalue weighted by Gasteiger charge is 2.36. The lowest BCUT2D eigenvalue weighted by atomic mass is 9.90. The Morgan fingerprint density at radius 1 is 0.944 bits per heavy atom. The first kappa shape index (κ1) is 15.6. The van der Waals surface area contributed by atoms with E-state index in [1.165, 1.54) is 14.2 Å². The fourth-order valence-corrected chi connectivity index (χ4v) is 3.09. The maximum atomic E-state index is 11.3. The Morgan fingerprint density at radius 3 is 1.56 bits per heavy atom. The second kappa shape index (κ2) is 7.18. The predicted octanol–water partition coefficient (Wildman–Crippen LogP) is 1.76.